The summed E-state index contributed by atoms with van der Waals surface area (Å²) in [5.41, 5.74) is -1.34. The van der Waals surface area contributed by atoms with E-state index >= 15 is 0 Å². The maximum absolute atomic E-state index is 13.0. The van der Waals surface area contributed by atoms with E-state index in [0.717, 1.165) is 17.7 Å². The number of hydrogen-bond acceptors (Lipinski definition) is 4. The van der Waals surface area contributed by atoms with E-state index in [1.54, 1.807) is 24.3 Å². The number of imide groups is 1. The van der Waals surface area contributed by atoms with Crippen LogP contribution in [0.1, 0.15) is 44.6 Å². The van der Waals surface area contributed by atoms with Crippen molar-refractivity contribution in [1.82, 2.24) is 15.5 Å². The summed E-state index contributed by atoms with van der Waals surface area (Å²) < 4.78 is 0. The second-order valence-electron chi connectivity index (χ2n) is 6.90. The van der Waals surface area contributed by atoms with Gasteiger partial charge in [-0.2, -0.15) is 5.26 Å². The minimum atomic E-state index is -1.15. The van der Waals surface area contributed by atoms with Crippen molar-refractivity contribution < 1.29 is 14.4 Å². The third-order valence-electron chi connectivity index (χ3n) is 5.32. The molecule has 3 rings (SSSR count). The van der Waals surface area contributed by atoms with Crippen molar-refractivity contribution in [1.29, 1.82) is 5.26 Å². The number of carbonyl (C=O) groups is 3. The zero-order chi connectivity index (χ0) is 18.8. The van der Waals surface area contributed by atoms with Crippen LogP contribution in [0.2, 0.25) is 0 Å². The predicted molar refractivity (Wildman–Crippen MR) is 93.6 cm³/mol. The van der Waals surface area contributed by atoms with Crippen LogP contribution in [0.4, 0.5) is 4.79 Å². The van der Waals surface area contributed by atoms with E-state index in [2.05, 4.69) is 16.7 Å². The molecule has 1 saturated carbocycles. The Kier molecular flexibility index (Phi) is 4.68. The first kappa shape index (κ1) is 17.9. The molecule has 26 heavy (non-hydrogen) atoms. The zero-order valence-electron chi connectivity index (χ0n) is 14.7. The van der Waals surface area contributed by atoms with E-state index in [9.17, 15) is 19.6 Å². The molecule has 0 aromatic heterocycles. The molecule has 0 bridgehead atoms. The van der Waals surface area contributed by atoms with Crippen molar-refractivity contribution in [2.75, 3.05) is 6.54 Å². The maximum atomic E-state index is 13.0. The fourth-order valence-electron chi connectivity index (χ4n) is 3.83. The topological polar surface area (TPSA) is 102 Å². The molecule has 1 aromatic carbocycles. The van der Waals surface area contributed by atoms with Crippen molar-refractivity contribution >= 4 is 17.8 Å². The number of nitrogens with one attached hydrogen (secondary N) is 2. The highest BCUT2D eigenvalue weighted by Crippen LogP contribution is 2.32. The van der Waals surface area contributed by atoms with Gasteiger partial charge in [0.2, 0.25) is 5.91 Å². The molecule has 2 aliphatic rings. The minimum absolute atomic E-state index is 0.377. The summed E-state index contributed by atoms with van der Waals surface area (Å²) >= 11 is 0. The molecule has 0 spiro atoms. The lowest BCUT2D eigenvalue weighted by Crippen LogP contribution is -2.50. The summed E-state index contributed by atoms with van der Waals surface area (Å²) in [5.74, 6) is -0.930. The fourth-order valence-corrected chi connectivity index (χ4v) is 3.83. The molecule has 1 aliphatic heterocycles. The van der Waals surface area contributed by atoms with E-state index in [1.165, 1.54) is 0 Å². The molecular weight excluding hydrogens is 332 g/mol. The van der Waals surface area contributed by atoms with Crippen LogP contribution in [0.5, 0.6) is 0 Å². The van der Waals surface area contributed by atoms with Gasteiger partial charge in [-0.25, -0.2) is 4.79 Å². The van der Waals surface area contributed by atoms with E-state index in [4.69, 9.17) is 0 Å². The van der Waals surface area contributed by atoms with Crippen LogP contribution in [0.15, 0.2) is 30.3 Å². The van der Waals surface area contributed by atoms with Gasteiger partial charge in [-0.05, 0) is 37.7 Å². The Morgan fingerprint density at radius 2 is 1.92 bits per heavy atom. The first-order chi connectivity index (χ1) is 12.5. The Hall–Kier alpha value is -2.88. The van der Waals surface area contributed by atoms with Crippen LogP contribution in [-0.2, 0) is 15.1 Å². The number of hydrogen-bond donors (Lipinski definition) is 2. The molecule has 4 amide bonds. The van der Waals surface area contributed by atoms with Crippen LogP contribution >= 0.6 is 0 Å². The molecule has 7 nitrogen and oxygen atoms in total. The lowest BCUT2D eigenvalue weighted by molar-refractivity contribution is -0.135. The summed E-state index contributed by atoms with van der Waals surface area (Å²) in [6, 6.07) is 10.6. The third-order valence-corrected chi connectivity index (χ3v) is 5.32. The Bertz CT molecular complexity index is 765. The summed E-state index contributed by atoms with van der Waals surface area (Å²) in [6.07, 6.45) is 3.33. The summed E-state index contributed by atoms with van der Waals surface area (Å²) in [6.45, 7) is 1.43. The molecule has 136 valence electrons. The highest BCUT2D eigenvalue weighted by molar-refractivity contribution is 6.09. The van der Waals surface area contributed by atoms with Gasteiger partial charge < -0.3 is 10.6 Å². The van der Waals surface area contributed by atoms with Gasteiger partial charge in [0.05, 0.1) is 6.07 Å². The molecule has 0 unspecified atom stereocenters. The molecule has 7 heteroatoms. The van der Waals surface area contributed by atoms with Gasteiger partial charge in [0.1, 0.15) is 17.6 Å². The van der Waals surface area contributed by atoms with Crippen LogP contribution < -0.4 is 10.6 Å². The quantitative estimate of drug-likeness (QED) is 0.787. The second kappa shape index (κ2) is 6.79. The van der Waals surface area contributed by atoms with E-state index in [-0.39, 0.29) is 6.54 Å². The van der Waals surface area contributed by atoms with E-state index in [1.807, 2.05) is 13.0 Å². The Morgan fingerprint density at radius 3 is 2.50 bits per heavy atom. The second-order valence-corrected chi connectivity index (χ2v) is 6.90. The average molecular weight is 354 g/mol. The van der Waals surface area contributed by atoms with E-state index < -0.39 is 28.9 Å². The molecule has 1 aromatic rings. The van der Waals surface area contributed by atoms with E-state index in [0.29, 0.717) is 24.8 Å². The van der Waals surface area contributed by atoms with Gasteiger partial charge in [0.15, 0.2) is 0 Å². The lowest BCUT2D eigenvalue weighted by Gasteiger charge is -2.26. The average Bonchev–Trinajstić information content (AvgIpc) is 3.21. The summed E-state index contributed by atoms with van der Waals surface area (Å²) in [4.78, 5) is 38.7. The van der Waals surface area contributed by atoms with Crippen LogP contribution in [0, 0.1) is 11.3 Å². The van der Waals surface area contributed by atoms with Gasteiger partial charge in [-0.3, -0.25) is 14.5 Å². The number of rotatable bonds is 5. The van der Waals surface area contributed by atoms with Crippen molar-refractivity contribution in [3.63, 3.8) is 0 Å². The number of benzene rings is 1. The number of nitrogens with zero attached hydrogens (tertiary/aromatic N) is 2. The molecule has 1 heterocycles. The van der Waals surface area contributed by atoms with Gasteiger partial charge in [-0.15, -0.1) is 0 Å². The number of nitriles is 1. The smallest absolute Gasteiger partial charge is 0.325 e. The molecule has 1 saturated heterocycles. The van der Waals surface area contributed by atoms with Crippen LogP contribution in [0.25, 0.3) is 0 Å². The Balaban J connectivity index is 1.77. The van der Waals surface area contributed by atoms with Gasteiger partial charge in [0.25, 0.3) is 5.91 Å². The van der Waals surface area contributed by atoms with Crippen molar-refractivity contribution in [2.24, 2.45) is 0 Å². The monoisotopic (exact) mass is 354 g/mol. The largest absolute Gasteiger partial charge is 0.336 e. The van der Waals surface area contributed by atoms with Gasteiger partial charge in [-0.1, -0.05) is 37.3 Å². The number of amides is 4. The summed E-state index contributed by atoms with van der Waals surface area (Å²) in [7, 11) is 0. The molecular formula is C19H22N4O3. The van der Waals surface area contributed by atoms with Crippen molar-refractivity contribution in [2.45, 2.75) is 50.1 Å². The molecule has 2 fully saturated rings. The lowest BCUT2D eigenvalue weighted by atomic mass is 9.87. The van der Waals surface area contributed by atoms with Crippen LogP contribution in [-0.4, -0.2) is 34.8 Å². The van der Waals surface area contributed by atoms with Gasteiger partial charge in [0, 0.05) is 0 Å². The fraction of sp³-hybridized carbons (Fsp3) is 0.474. The Morgan fingerprint density at radius 1 is 1.27 bits per heavy atom. The molecule has 1 aliphatic carbocycles. The molecule has 2 N–H and O–H groups in total. The first-order valence-corrected chi connectivity index (χ1v) is 8.88. The van der Waals surface area contributed by atoms with Crippen molar-refractivity contribution in [3.05, 3.63) is 35.9 Å². The zero-order valence-corrected chi connectivity index (χ0v) is 14.7. The third kappa shape index (κ3) is 2.92. The predicted octanol–water partition coefficient (Wildman–Crippen LogP) is 1.80. The summed E-state index contributed by atoms with van der Waals surface area (Å²) in [5, 5.41) is 14.8. The van der Waals surface area contributed by atoms with Crippen molar-refractivity contribution in [3.8, 4) is 6.07 Å². The Labute approximate surface area is 152 Å². The first-order valence-electron chi connectivity index (χ1n) is 8.88. The highest BCUT2D eigenvalue weighted by atomic mass is 16.2. The molecule has 0 radical (unpaired) electrons. The van der Waals surface area contributed by atoms with Crippen LogP contribution in [0.3, 0.4) is 0 Å². The number of urea groups is 1. The maximum Gasteiger partial charge on any atom is 0.325 e. The van der Waals surface area contributed by atoms with Gasteiger partial charge >= 0.3 is 6.03 Å². The number of carbonyl (C=O) groups excluding carboxylic acids is 3. The minimum Gasteiger partial charge on any atom is -0.336 e. The standard InChI is InChI=1S/C19H22N4O3/c1-2-19(14-8-4-3-5-9-14)16(25)23(17(26)22-19)12-15(24)21-18(13-20)10-6-7-11-18/h3-5,8-9H,2,6-7,10-12H2,1H3,(H,21,24)(H,22,26)/t19-/m1/s1. The highest BCUT2D eigenvalue weighted by Gasteiger charge is 2.51. The molecule has 1 atom stereocenters. The normalized spacial score (nSPS) is 24.2. The SMILES string of the molecule is CC[C@]1(c2ccccc2)NC(=O)N(CC(=O)NC2(C#N)CCCC2)C1=O.